The predicted octanol–water partition coefficient (Wildman–Crippen LogP) is 7.61. The van der Waals surface area contributed by atoms with Crippen LogP contribution in [-0.4, -0.2) is 46.3 Å². The van der Waals surface area contributed by atoms with Crippen molar-refractivity contribution < 1.29 is 24.2 Å². The number of para-hydroxylation sites is 1. The highest BCUT2D eigenvalue weighted by molar-refractivity contribution is 6.02. The number of hydrogen-bond acceptors (Lipinski definition) is 4. The lowest BCUT2D eigenvalue weighted by molar-refractivity contribution is 0.0724. The van der Waals surface area contributed by atoms with Crippen LogP contribution < -0.4 is 9.47 Å². The molecule has 1 amide bonds. The number of aryl methyl sites for hydroxylation is 1. The van der Waals surface area contributed by atoms with E-state index < -0.39 is 6.16 Å². The molecule has 0 atom stereocenters. The average Bonchev–Trinajstić information content (AvgIpc) is 3.31. The Labute approximate surface area is 238 Å². The lowest BCUT2D eigenvalue weighted by Gasteiger charge is -2.26. The molecule has 1 saturated heterocycles. The second kappa shape index (κ2) is 11.8. The van der Waals surface area contributed by atoms with E-state index in [2.05, 4.69) is 12.1 Å². The number of piperidine rings is 1. The van der Waals surface area contributed by atoms with Gasteiger partial charge in [0.15, 0.2) is 0 Å². The number of hydrogen-bond donors (Lipinski definition) is 1. The van der Waals surface area contributed by atoms with E-state index in [4.69, 9.17) is 9.47 Å². The van der Waals surface area contributed by atoms with Gasteiger partial charge in [-0.3, -0.25) is 4.79 Å². The molecule has 2 heterocycles. The number of likely N-dealkylation sites (tertiary alicyclic amines) is 1. The first-order valence-electron chi connectivity index (χ1n) is 14.1. The molecular weight excluding hydrogens is 516 g/mol. The van der Waals surface area contributed by atoms with Gasteiger partial charge in [0.25, 0.3) is 5.91 Å². The standard InChI is InChI=1S/C34H32N2O5/c37-32(35-19-6-1-7-20-35)26-14-8-13-25(23-26)31-28-16-4-5-17-29(28)36(33(31)41-34(38)39)21-10-22-40-30-18-9-12-24-11-2-3-15-27(24)30/h2-5,8-9,11-18,23H,1,6-7,10,19-22H2,(H,38,39). The number of aromatic nitrogens is 1. The molecule has 0 unspecified atom stereocenters. The molecule has 6 rings (SSSR count). The first-order valence-corrected chi connectivity index (χ1v) is 14.1. The monoisotopic (exact) mass is 548 g/mol. The number of carbonyl (C=O) groups excluding carboxylic acids is 1. The third kappa shape index (κ3) is 5.48. The van der Waals surface area contributed by atoms with Gasteiger partial charge in [-0.1, -0.05) is 66.7 Å². The van der Waals surface area contributed by atoms with E-state index in [0.29, 0.717) is 30.7 Å². The number of fused-ring (bicyclic) bond motifs is 2. The van der Waals surface area contributed by atoms with E-state index in [-0.39, 0.29) is 11.8 Å². The van der Waals surface area contributed by atoms with E-state index in [1.807, 2.05) is 88.3 Å². The van der Waals surface area contributed by atoms with Crippen molar-refractivity contribution in [3.8, 4) is 22.8 Å². The molecule has 7 nitrogen and oxygen atoms in total. The maximum Gasteiger partial charge on any atom is 0.512 e. The van der Waals surface area contributed by atoms with Crippen LogP contribution in [0.3, 0.4) is 0 Å². The maximum absolute atomic E-state index is 13.3. The summed E-state index contributed by atoms with van der Waals surface area (Å²) in [7, 11) is 0. The molecule has 1 fully saturated rings. The molecule has 0 saturated carbocycles. The van der Waals surface area contributed by atoms with Crippen LogP contribution in [0.2, 0.25) is 0 Å². The molecule has 0 radical (unpaired) electrons. The van der Waals surface area contributed by atoms with Gasteiger partial charge >= 0.3 is 6.16 Å². The number of nitrogens with zero attached hydrogens (tertiary/aromatic N) is 2. The minimum Gasteiger partial charge on any atom is -0.493 e. The molecule has 0 bridgehead atoms. The number of carboxylic acid groups (broad SMARTS) is 1. The van der Waals surface area contributed by atoms with Gasteiger partial charge in [0, 0.05) is 36.0 Å². The summed E-state index contributed by atoms with van der Waals surface area (Å²) in [5.41, 5.74) is 2.85. The quantitative estimate of drug-likeness (QED) is 0.159. The lowest BCUT2D eigenvalue weighted by atomic mass is 10.0. The molecule has 0 spiro atoms. The molecule has 5 aromatic rings. The largest absolute Gasteiger partial charge is 0.512 e. The van der Waals surface area contributed by atoms with Crippen LogP contribution in [0.25, 0.3) is 32.8 Å². The van der Waals surface area contributed by atoms with Crippen molar-refractivity contribution in [2.75, 3.05) is 19.7 Å². The fourth-order valence-corrected chi connectivity index (χ4v) is 5.78. The second-order valence-corrected chi connectivity index (χ2v) is 10.3. The number of carbonyl (C=O) groups is 2. The topological polar surface area (TPSA) is 81.0 Å². The molecule has 1 aliphatic rings. The van der Waals surface area contributed by atoms with Crippen LogP contribution in [0.4, 0.5) is 4.79 Å². The zero-order valence-corrected chi connectivity index (χ0v) is 22.8. The van der Waals surface area contributed by atoms with Crippen LogP contribution in [-0.2, 0) is 6.54 Å². The number of benzene rings is 4. The molecule has 0 aliphatic carbocycles. The molecule has 1 aromatic heterocycles. The summed E-state index contributed by atoms with van der Waals surface area (Å²) in [4.78, 5) is 27.1. The Balaban J connectivity index is 1.31. The minimum absolute atomic E-state index is 0.00146. The van der Waals surface area contributed by atoms with E-state index in [1.54, 1.807) is 0 Å². The first kappa shape index (κ1) is 26.4. The molecule has 1 aliphatic heterocycles. The summed E-state index contributed by atoms with van der Waals surface area (Å²) in [6.45, 7) is 2.45. The predicted molar refractivity (Wildman–Crippen MR) is 160 cm³/mol. The Bertz CT molecular complexity index is 1710. The smallest absolute Gasteiger partial charge is 0.493 e. The van der Waals surface area contributed by atoms with Crippen LogP contribution in [0.5, 0.6) is 11.6 Å². The second-order valence-electron chi connectivity index (χ2n) is 10.3. The Morgan fingerprint density at radius 3 is 2.37 bits per heavy atom. The van der Waals surface area contributed by atoms with Crippen LogP contribution in [0, 0.1) is 0 Å². The Hall–Kier alpha value is -4.78. The van der Waals surface area contributed by atoms with Gasteiger partial charge in [-0.2, -0.15) is 0 Å². The fourth-order valence-electron chi connectivity index (χ4n) is 5.78. The van der Waals surface area contributed by atoms with E-state index >= 15 is 0 Å². The average molecular weight is 549 g/mol. The Morgan fingerprint density at radius 1 is 0.805 bits per heavy atom. The highest BCUT2D eigenvalue weighted by Gasteiger charge is 2.24. The molecule has 208 valence electrons. The summed E-state index contributed by atoms with van der Waals surface area (Å²) in [6, 6.07) is 29.3. The Kier molecular flexibility index (Phi) is 7.58. The van der Waals surface area contributed by atoms with Gasteiger partial charge in [0.05, 0.1) is 17.7 Å². The SMILES string of the molecule is O=C(O)Oc1c(-c2cccc(C(=O)N3CCCCC3)c2)c2ccccc2n1CCCOc1cccc2ccccc12. The van der Waals surface area contributed by atoms with Crippen molar-refractivity contribution in [3.63, 3.8) is 0 Å². The molecule has 4 aromatic carbocycles. The Morgan fingerprint density at radius 2 is 1.54 bits per heavy atom. The zero-order valence-electron chi connectivity index (χ0n) is 22.8. The van der Waals surface area contributed by atoms with Gasteiger partial charge in [0.1, 0.15) is 5.75 Å². The van der Waals surface area contributed by atoms with Crippen molar-refractivity contribution in [2.24, 2.45) is 0 Å². The summed E-state index contributed by atoms with van der Waals surface area (Å²) >= 11 is 0. The third-order valence-electron chi connectivity index (χ3n) is 7.68. The molecule has 41 heavy (non-hydrogen) atoms. The number of ether oxygens (including phenoxy) is 2. The fraction of sp³-hybridized carbons (Fsp3) is 0.235. The van der Waals surface area contributed by atoms with Crippen molar-refractivity contribution in [1.29, 1.82) is 0 Å². The molecular formula is C34H32N2O5. The van der Waals surface area contributed by atoms with Gasteiger partial charge in [0.2, 0.25) is 5.88 Å². The van der Waals surface area contributed by atoms with Crippen molar-refractivity contribution in [3.05, 3.63) is 96.6 Å². The number of amides is 1. The van der Waals surface area contributed by atoms with Crippen molar-refractivity contribution in [1.82, 2.24) is 9.47 Å². The van der Waals surface area contributed by atoms with Gasteiger partial charge in [-0.15, -0.1) is 0 Å². The normalized spacial score (nSPS) is 13.4. The lowest BCUT2D eigenvalue weighted by Crippen LogP contribution is -2.35. The summed E-state index contributed by atoms with van der Waals surface area (Å²) in [5, 5.41) is 12.7. The van der Waals surface area contributed by atoms with Crippen molar-refractivity contribution in [2.45, 2.75) is 32.2 Å². The highest BCUT2D eigenvalue weighted by atomic mass is 16.7. The van der Waals surface area contributed by atoms with Crippen LogP contribution in [0.15, 0.2) is 91.0 Å². The summed E-state index contributed by atoms with van der Waals surface area (Å²) < 4.78 is 13.5. The van der Waals surface area contributed by atoms with Gasteiger partial charge < -0.3 is 24.0 Å². The first-order chi connectivity index (χ1) is 20.1. The molecule has 1 N–H and O–H groups in total. The minimum atomic E-state index is -1.39. The van der Waals surface area contributed by atoms with E-state index in [0.717, 1.165) is 65.3 Å². The van der Waals surface area contributed by atoms with E-state index in [9.17, 15) is 14.7 Å². The van der Waals surface area contributed by atoms with Crippen LogP contribution >= 0.6 is 0 Å². The maximum atomic E-state index is 13.3. The van der Waals surface area contributed by atoms with Gasteiger partial charge in [-0.05, 0) is 60.9 Å². The van der Waals surface area contributed by atoms with E-state index in [1.165, 1.54) is 0 Å². The zero-order chi connectivity index (χ0) is 28.2. The molecule has 7 heteroatoms. The highest BCUT2D eigenvalue weighted by Crippen LogP contribution is 2.41. The van der Waals surface area contributed by atoms with Gasteiger partial charge in [-0.25, -0.2) is 4.79 Å². The summed E-state index contributed by atoms with van der Waals surface area (Å²) in [5.74, 6) is 1.06. The van der Waals surface area contributed by atoms with Crippen molar-refractivity contribution >= 4 is 33.7 Å². The summed E-state index contributed by atoms with van der Waals surface area (Å²) in [6.07, 6.45) is 2.42. The number of rotatable bonds is 8. The van der Waals surface area contributed by atoms with Crippen LogP contribution in [0.1, 0.15) is 36.0 Å². The third-order valence-corrected chi connectivity index (χ3v) is 7.68.